The number of hydrogen-bond acceptors (Lipinski definition) is 8. The number of piperazine rings is 1. The molecule has 4 heterocycles. The van der Waals surface area contributed by atoms with Gasteiger partial charge in [-0.25, -0.2) is 15.0 Å². The van der Waals surface area contributed by atoms with Crippen LogP contribution >= 0.6 is 27.7 Å². The fourth-order valence-electron chi connectivity index (χ4n) is 5.87. The van der Waals surface area contributed by atoms with Gasteiger partial charge in [0.05, 0.1) is 16.9 Å². The Bertz CT molecular complexity index is 1650. The predicted octanol–water partition coefficient (Wildman–Crippen LogP) is 5.55. The van der Waals surface area contributed by atoms with Crippen LogP contribution in [0.15, 0.2) is 82.3 Å². The standard InChI is InChI=1S/C32H37BBrN7S/c1-9-19(4)39-15-21(6)40(16-20(39)5)31-23-14-18(3)28(26-24(35)11-10-17(2)27(26)33)38-32(23)41(22(7)37-31)29-25(42-8)12-13-36-30(29)34/h9-14,20-21H,1,4,7,15-16,33,35H2,2-3,5-6,8H3/t20-,21?/m1/s1. The van der Waals surface area contributed by atoms with Crippen LogP contribution in [-0.2, 0) is 0 Å². The summed E-state index contributed by atoms with van der Waals surface area (Å²) in [5, 5.41) is 0. The van der Waals surface area contributed by atoms with E-state index in [2.05, 4.69) is 104 Å². The highest BCUT2D eigenvalue weighted by atomic mass is 79.9. The van der Waals surface area contributed by atoms with Crippen molar-refractivity contribution in [1.29, 1.82) is 0 Å². The molecule has 10 heteroatoms. The molecule has 1 unspecified atom stereocenters. The number of nitrogens with zero attached hydrogens (tertiary/aromatic N) is 6. The molecule has 1 saturated heterocycles. The maximum absolute atomic E-state index is 6.59. The SMILES string of the molecule is Bc1c(C)ccc(N)c1-c1nc2c(cc1C)C(N1C[C@@H](C)N(C(=C)C=C)CC1C)=NC(=C)N2c1c(SC)ccnc1Br. The number of amidine groups is 1. The fraction of sp³-hybridized carbons (Fsp3) is 0.281. The van der Waals surface area contributed by atoms with E-state index >= 15 is 0 Å². The van der Waals surface area contributed by atoms with Crippen LogP contribution in [0.2, 0.25) is 0 Å². The van der Waals surface area contributed by atoms with Crippen LogP contribution in [0.5, 0.6) is 0 Å². The molecule has 216 valence electrons. The molecule has 5 rings (SSSR count). The average molecular weight is 642 g/mol. The van der Waals surface area contributed by atoms with Crippen LogP contribution in [0.25, 0.3) is 11.3 Å². The molecule has 0 bridgehead atoms. The predicted molar refractivity (Wildman–Crippen MR) is 185 cm³/mol. The zero-order valence-corrected chi connectivity index (χ0v) is 27.6. The van der Waals surface area contributed by atoms with Gasteiger partial charge in [0, 0.05) is 53.2 Å². The molecule has 1 fully saturated rings. The molecule has 2 aliphatic rings. The van der Waals surface area contributed by atoms with Crippen LogP contribution < -0.4 is 16.1 Å². The van der Waals surface area contributed by atoms with Crippen LogP contribution in [-0.4, -0.2) is 64.9 Å². The highest BCUT2D eigenvalue weighted by Gasteiger charge is 2.37. The van der Waals surface area contributed by atoms with Crippen molar-refractivity contribution in [2.24, 2.45) is 4.99 Å². The van der Waals surface area contributed by atoms with E-state index in [-0.39, 0.29) is 12.1 Å². The monoisotopic (exact) mass is 641 g/mol. The number of halogens is 1. The lowest BCUT2D eigenvalue weighted by molar-refractivity contribution is 0.120. The summed E-state index contributed by atoms with van der Waals surface area (Å²) < 4.78 is 0.703. The Kier molecular flexibility index (Phi) is 8.31. The normalized spacial score (nSPS) is 18.6. The largest absolute Gasteiger partial charge is 0.398 e. The number of aliphatic imine (C=N–C) groups is 1. The van der Waals surface area contributed by atoms with Crippen molar-refractivity contribution >= 4 is 64.0 Å². The Morgan fingerprint density at radius 3 is 2.60 bits per heavy atom. The first-order valence-electron chi connectivity index (χ1n) is 14.0. The number of nitrogens with two attached hydrogens (primary N) is 1. The molecule has 7 nitrogen and oxygen atoms in total. The van der Waals surface area contributed by atoms with Crippen molar-refractivity contribution < 1.29 is 0 Å². The van der Waals surface area contributed by atoms with Crippen molar-refractivity contribution in [1.82, 2.24) is 19.8 Å². The quantitative estimate of drug-likeness (QED) is 0.129. The van der Waals surface area contributed by atoms with Crippen molar-refractivity contribution in [3.63, 3.8) is 0 Å². The van der Waals surface area contributed by atoms with Gasteiger partial charge in [-0.1, -0.05) is 36.8 Å². The molecule has 42 heavy (non-hydrogen) atoms. The maximum Gasteiger partial charge on any atom is 0.150 e. The lowest BCUT2D eigenvalue weighted by Gasteiger charge is -2.48. The number of nitrogen functional groups attached to an aromatic ring is 1. The number of rotatable bonds is 5. The lowest BCUT2D eigenvalue weighted by atomic mass is 9.83. The molecule has 2 aromatic heterocycles. The van der Waals surface area contributed by atoms with E-state index in [4.69, 9.17) is 15.7 Å². The van der Waals surface area contributed by atoms with Gasteiger partial charge in [0.25, 0.3) is 0 Å². The molecule has 2 atom stereocenters. The zero-order chi connectivity index (χ0) is 30.5. The minimum Gasteiger partial charge on any atom is -0.398 e. The number of anilines is 3. The smallest absolute Gasteiger partial charge is 0.150 e. The summed E-state index contributed by atoms with van der Waals surface area (Å²) in [6.07, 6.45) is 5.68. The Hall–Kier alpha value is -3.50. The second kappa shape index (κ2) is 11.6. The minimum absolute atomic E-state index is 0.172. The van der Waals surface area contributed by atoms with Crippen LogP contribution in [0.3, 0.4) is 0 Å². The summed E-state index contributed by atoms with van der Waals surface area (Å²) >= 11 is 5.36. The fourth-order valence-corrected chi connectivity index (χ4v) is 7.09. The van der Waals surface area contributed by atoms with E-state index in [0.29, 0.717) is 16.1 Å². The summed E-state index contributed by atoms with van der Waals surface area (Å²) in [5.41, 5.74) is 15.2. The topological polar surface area (TPSA) is 73.9 Å². The van der Waals surface area contributed by atoms with Gasteiger partial charge >= 0.3 is 0 Å². The van der Waals surface area contributed by atoms with Gasteiger partial charge in [0.15, 0.2) is 5.82 Å². The van der Waals surface area contributed by atoms with E-state index in [1.165, 1.54) is 5.56 Å². The second-order valence-electron chi connectivity index (χ2n) is 11.0. The van der Waals surface area contributed by atoms with Gasteiger partial charge in [-0.15, -0.1) is 11.8 Å². The average Bonchev–Trinajstić information content (AvgIpc) is 2.96. The first kappa shape index (κ1) is 30.0. The van der Waals surface area contributed by atoms with Gasteiger partial charge in [-0.05, 0) is 79.7 Å². The van der Waals surface area contributed by atoms with Crippen LogP contribution in [0.4, 0.5) is 17.2 Å². The van der Waals surface area contributed by atoms with Crippen molar-refractivity contribution in [3.05, 3.63) is 89.1 Å². The Morgan fingerprint density at radius 2 is 1.90 bits per heavy atom. The number of aryl methyl sites for hydroxylation is 2. The van der Waals surface area contributed by atoms with Crippen LogP contribution in [0.1, 0.15) is 30.5 Å². The number of pyridine rings is 2. The summed E-state index contributed by atoms with van der Waals surface area (Å²) in [6.45, 7) is 22.8. The van der Waals surface area contributed by atoms with E-state index < -0.39 is 0 Å². The molecule has 3 aromatic rings. The molecule has 0 saturated carbocycles. The summed E-state index contributed by atoms with van der Waals surface area (Å²) in [4.78, 5) is 22.9. The highest BCUT2D eigenvalue weighted by molar-refractivity contribution is 9.10. The number of allylic oxidation sites excluding steroid dienone is 1. The van der Waals surface area contributed by atoms with Gasteiger partial charge in [0.1, 0.15) is 24.1 Å². The van der Waals surface area contributed by atoms with Gasteiger partial charge < -0.3 is 15.5 Å². The molecule has 1 aromatic carbocycles. The number of benzene rings is 1. The van der Waals surface area contributed by atoms with E-state index in [1.807, 2.05) is 23.1 Å². The number of hydrogen-bond donors (Lipinski definition) is 1. The number of fused-ring (bicyclic) bond motifs is 1. The zero-order valence-electron chi connectivity index (χ0n) is 25.2. The van der Waals surface area contributed by atoms with Crippen molar-refractivity contribution in [3.8, 4) is 11.3 Å². The number of thioether (sulfide) groups is 1. The second-order valence-corrected chi connectivity index (χ2v) is 12.6. The molecule has 0 spiro atoms. The van der Waals surface area contributed by atoms with Crippen molar-refractivity contribution in [2.75, 3.05) is 30.0 Å². The first-order valence-corrected chi connectivity index (χ1v) is 16.0. The lowest BCUT2D eigenvalue weighted by Crippen LogP contribution is -2.58. The molecular weight excluding hydrogens is 605 g/mol. The third kappa shape index (κ3) is 5.05. The van der Waals surface area contributed by atoms with E-state index in [1.54, 1.807) is 18.0 Å². The van der Waals surface area contributed by atoms with Crippen LogP contribution in [0, 0.1) is 13.8 Å². The third-order valence-corrected chi connectivity index (χ3v) is 9.64. The third-order valence-electron chi connectivity index (χ3n) is 8.29. The highest BCUT2D eigenvalue weighted by Crippen LogP contribution is 2.45. The van der Waals surface area contributed by atoms with E-state index in [0.717, 1.165) is 68.9 Å². The molecular formula is C32H37BBrN7S. The Labute approximate surface area is 262 Å². The van der Waals surface area contributed by atoms with Gasteiger partial charge in [0.2, 0.25) is 0 Å². The first-order chi connectivity index (χ1) is 20.0. The molecule has 2 N–H and O–H groups in total. The summed E-state index contributed by atoms with van der Waals surface area (Å²) in [5.74, 6) is 2.21. The summed E-state index contributed by atoms with van der Waals surface area (Å²) in [6, 6.07) is 8.62. The maximum atomic E-state index is 6.59. The van der Waals surface area contributed by atoms with Crippen molar-refractivity contribution in [2.45, 2.75) is 44.7 Å². The minimum atomic E-state index is 0.172. The molecule has 0 radical (unpaired) electrons. The summed E-state index contributed by atoms with van der Waals surface area (Å²) in [7, 11) is 2.11. The molecule has 0 aliphatic carbocycles. The number of aromatic nitrogens is 2. The van der Waals surface area contributed by atoms with E-state index in [9.17, 15) is 0 Å². The van der Waals surface area contributed by atoms with Gasteiger partial charge in [-0.3, -0.25) is 4.90 Å². The Balaban J connectivity index is 1.74. The molecule has 2 aliphatic heterocycles. The molecule has 0 amide bonds. The van der Waals surface area contributed by atoms with Gasteiger partial charge in [-0.2, -0.15) is 0 Å². The Morgan fingerprint density at radius 1 is 1.17 bits per heavy atom.